The Morgan fingerprint density at radius 1 is 1.28 bits per heavy atom. The molecule has 2 aromatic rings. The van der Waals surface area contributed by atoms with Crippen LogP contribution >= 0.6 is 0 Å². The Morgan fingerprint density at radius 2 is 2.10 bits per heavy atom. The summed E-state index contributed by atoms with van der Waals surface area (Å²) >= 11 is 0. The molecule has 158 valence electrons. The molecule has 0 bridgehead atoms. The van der Waals surface area contributed by atoms with Gasteiger partial charge in [0.2, 0.25) is 5.91 Å². The lowest BCUT2D eigenvalue weighted by molar-refractivity contribution is -0.126. The van der Waals surface area contributed by atoms with Gasteiger partial charge < -0.3 is 20.9 Å². The number of aromatic amines is 1. The van der Waals surface area contributed by atoms with Crippen molar-refractivity contribution in [2.24, 2.45) is 10.9 Å². The topological polar surface area (TPSA) is 81.3 Å². The van der Waals surface area contributed by atoms with E-state index in [-0.39, 0.29) is 17.9 Å². The first-order valence-electron chi connectivity index (χ1n) is 10.9. The quantitative estimate of drug-likeness (QED) is 0.329. The van der Waals surface area contributed by atoms with E-state index in [1.54, 1.807) is 7.05 Å². The normalized spacial score (nSPS) is 20.1. The third kappa shape index (κ3) is 5.99. The number of benzene rings is 1. The summed E-state index contributed by atoms with van der Waals surface area (Å²) in [6, 6.07) is 8.92. The molecule has 4 N–H and O–H groups in total. The molecule has 1 saturated carbocycles. The number of aryl methyl sites for hydroxylation is 1. The molecule has 1 heterocycles. The lowest BCUT2D eigenvalue weighted by Gasteiger charge is -2.30. The van der Waals surface area contributed by atoms with Crippen LogP contribution in [-0.4, -0.2) is 42.5 Å². The van der Waals surface area contributed by atoms with Crippen molar-refractivity contribution in [1.82, 2.24) is 20.9 Å². The number of carbonyl (C=O) groups is 1. The molecule has 1 fully saturated rings. The Balaban J connectivity index is 1.42. The van der Waals surface area contributed by atoms with Gasteiger partial charge in [-0.25, -0.2) is 0 Å². The second kappa shape index (κ2) is 10.3. The average Bonchev–Trinajstić information content (AvgIpc) is 3.13. The van der Waals surface area contributed by atoms with Crippen LogP contribution in [0.25, 0.3) is 10.9 Å². The van der Waals surface area contributed by atoms with Gasteiger partial charge in [-0.3, -0.25) is 9.79 Å². The highest BCUT2D eigenvalue weighted by atomic mass is 16.1. The number of nitrogens with one attached hydrogen (secondary N) is 4. The highest BCUT2D eigenvalue weighted by molar-refractivity contribution is 5.83. The van der Waals surface area contributed by atoms with E-state index in [0.717, 1.165) is 51.0 Å². The molecule has 3 rings (SSSR count). The van der Waals surface area contributed by atoms with E-state index >= 15 is 0 Å². The Hall–Kier alpha value is -2.50. The van der Waals surface area contributed by atoms with Crippen LogP contribution in [0.2, 0.25) is 0 Å². The highest BCUT2D eigenvalue weighted by Gasteiger charge is 2.27. The van der Waals surface area contributed by atoms with Crippen molar-refractivity contribution in [2.75, 3.05) is 13.6 Å². The fourth-order valence-corrected chi connectivity index (χ4v) is 4.17. The van der Waals surface area contributed by atoms with Gasteiger partial charge in [0, 0.05) is 48.7 Å². The van der Waals surface area contributed by atoms with Gasteiger partial charge in [0.25, 0.3) is 0 Å². The highest BCUT2D eigenvalue weighted by Crippen LogP contribution is 2.24. The molecule has 0 radical (unpaired) electrons. The van der Waals surface area contributed by atoms with Crippen LogP contribution in [0.5, 0.6) is 0 Å². The molecular formula is C23H35N5O. The maximum atomic E-state index is 12.3. The van der Waals surface area contributed by atoms with Gasteiger partial charge in [-0.2, -0.15) is 0 Å². The van der Waals surface area contributed by atoms with Crippen molar-refractivity contribution >= 4 is 22.8 Å². The summed E-state index contributed by atoms with van der Waals surface area (Å²) in [6.45, 7) is 4.89. The number of rotatable bonds is 7. The van der Waals surface area contributed by atoms with Crippen molar-refractivity contribution in [3.05, 3.63) is 36.0 Å². The van der Waals surface area contributed by atoms with Crippen LogP contribution < -0.4 is 16.0 Å². The molecular weight excluding hydrogens is 362 g/mol. The van der Waals surface area contributed by atoms with E-state index < -0.39 is 0 Å². The third-order valence-corrected chi connectivity index (χ3v) is 5.63. The summed E-state index contributed by atoms with van der Waals surface area (Å²) in [5, 5.41) is 11.3. The van der Waals surface area contributed by atoms with E-state index in [4.69, 9.17) is 0 Å². The minimum Gasteiger partial charge on any atom is -0.361 e. The van der Waals surface area contributed by atoms with Crippen LogP contribution in [0.4, 0.5) is 0 Å². The maximum absolute atomic E-state index is 12.3. The van der Waals surface area contributed by atoms with E-state index in [1.165, 1.54) is 16.5 Å². The summed E-state index contributed by atoms with van der Waals surface area (Å²) in [5.41, 5.74) is 2.55. The summed E-state index contributed by atoms with van der Waals surface area (Å²) in [4.78, 5) is 20.1. The van der Waals surface area contributed by atoms with Gasteiger partial charge in [0.1, 0.15) is 0 Å². The van der Waals surface area contributed by atoms with Crippen molar-refractivity contribution in [3.63, 3.8) is 0 Å². The predicted molar refractivity (Wildman–Crippen MR) is 120 cm³/mol. The van der Waals surface area contributed by atoms with Crippen LogP contribution in [0, 0.1) is 5.92 Å². The number of guanidine groups is 1. The molecule has 1 amide bonds. The molecule has 1 aliphatic rings. The fourth-order valence-electron chi connectivity index (χ4n) is 4.17. The maximum Gasteiger partial charge on any atom is 0.223 e. The number of aliphatic imine (C=N–C) groups is 1. The van der Waals surface area contributed by atoms with E-state index in [2.05, 4.69) is 56.4 Å². The average molecular weight is 398 g/mol. The molecule has 29 heavy (non-hydrogen) atoms. The lowest BCUT2D eigenvalue weighted by atomic mass is 9.85. The number of para-hydroxylation sites is 1. The van der Waals surface area contributed by atoms with Crippen LogP contribution in [0.15, 0.2) is 35.5 Å². The molecule has 0 aliphatic heterocycles. The second-order valence-corrected chi connectivity index (χ2v) is 8.33. The van der Waals surface area contributed by atoms with Gasteiger partial charge in [-0.1, -0.05) is 24.6 Å². The zero-order chi connectivity index (χ0) is 20.6. The van der Waals surface area contributed by atoms with Crippen LogP contribution in [-0.2, 0) is 11.2 Å². The standard InChI is InChI=1S/C23H35N5O/c1-16(2)27-22(29)17-8-6-10-19(14-17)28-23(24-3)25-13-7-9-18-15-26-21-12-5-4-11-20(18)21/h4-5,11-12,15-17,19,26H,6-10,13-14H2,1-3H3,(H,27,29)(H2,24,25,28). The first kappa shape index (κ1) is 21.2. The summed E-state index contributed by atoms with van der Waals surface area (Å²) in [5.74, 6) is 1.12. The number of amides is 1. The minimum atomic E-state index is 0.101. The number of hydrogen-bond donors (Lipinski definition) is 4. The largest absolute Gasteiger partial charge is 0.361 e. The molecule has 2 unspecified atom stereocenters. The van der Waals surface area contributed by atoms with Crippen LogP contribution in [0.1, 0.15) is 51.5 Å². The predicted octanol–water partition coefficient (Wildman–Crippen LogP) is 3.35. The smallest absolute Gasteiger partial charge is 0.223 e. The van der Waals surface area contributed by atoms with Crippen molar-refractivity contribution < 1.29 is 4.79 Å². The molecule has 0 saturated heterocycles. The first-order chi connectivity index (χ1) is 14.1. The molecule has 2 atom stereocenters. The second-order valence-electron chi connectivity index (χ2n) is 8.33. The van der Waals surface area contributed by atoms with Gasteiger partial charge in [0.15, 0.2) is 5.96 Å². The summed E-state index contributed by atoms with van der Waals surface area (Å²) in [7, 11) is 1.81. The van der Waals surface area contributed by atoms with Crippen molar-refractivity contribution in [3.8, 4) is 0 Å². The summed E-state index contributed by atoms with van der Waals surface area (Å²) in [6.07, 6.45) is 8.18. The minimum absolute atomic E-state index is 0.101. The fraction of sp³-hybridized carbons (Fsp3) is 0.565. The molecule has 1 aliphatic carbocycles. The Kier molecular flexibility index (Phi) is 7.55. The number of carbonyl (C=O) groups excluding carboxylic acids is 1. The molecule has 6 nitrogen and oxygen atoms in total. The molecule has 1 aromatic carbocycles. The zero-order valence-corrected chi connectivity index (χ0v) is 17.9. The number of fused-ring (bicyclic) bond motifs is 1. The van der Waals surface area contributed by atoms with Gasteiger partial charge in [-0.15, -0.1) is 0 Å². The van der Waals surface area contributed by atoms with Gasteiger partial charge in [0.05, 0.1) is 0 Å². The van der Waals surface area contributed by atoms with E-state index in [1.807, 2.05) is 13.8 Å². The lowest BCUT2D eigenvalue weighted by Crippen LogP contribution is -2.47. The molecule has 0 spiro atoms. The van der Waals surface area contributed by atoms with Crippen LogP contribution in [0.3, 0.4) is 0 Å². The zero-order valence-electron chi connectivity index (χ0n) is 17.9. The number of H-pyrrole nitrogens is 1. The first-order valence-corrected chi connectivity index (χ1v) is 10.9. The molecule has 1 aromatic heterocycles. The van der Waals surface area contributed by atoms with Gasteiger partial charge in [-0.05, 0) is 57.6 Å². The monoisotopic (exact) mass is 397 g/mol. The Labute approximate surface area is 173 Å². The SMILES string of the molecule is CN=C(NCCCc1c[nH]c2ccccc12)NC1CCCC(C(=O)NC(C)C)C1. The Bertz CT molecular complexity index is 826. The van der Waals surface area contributed by atoms with Crippen molar-refractivity contribution in [2.45, 2.75) is 64.5 Å². The number of nitrogens with zero attached hydrogens (tertiary/aromatic N) is 1. The van der Waals surface area contributed by atoms with Crippen molar-refractivity contribution in [1.29, 1.82) is 0 Å². The molecule has 6 heteroatoms. The number of aromatic nitrogens is 1. The van der Waals surface area contributed by atoms with E-state index in [9.17, 15) is 4.79 Å². The van der Waals surface area contributed by atoms with E-state index in [0.29, 0.717) is 6.04 Å². The third-order valence-electron chi connectivity index (χ3n) is 5.63. The van der Waals surface area contributed by atoms with Gasteiger partial charge >= 0.3 is 0 Å². The number of hydrogen-bond acceptors (Lipinski definition) is 2. The summed E-state index contributed by atoms with van der Waals surface area (Å²) < 4.78 is 0. The Morgan fingerprint density at radius 3 is 2.90 bits per heavy atom.